The van der Waals surface area contributed by atoms with Crippen LogP contribution in [0.25, 0.3) is 11.3 Å². The van der Waals surface area contributed by atoms with Gasteiger partial charge in [-0.3, -0.25) is 0 Å². The number of furan rings is 1. The van der Waals surface area contributed by atoms with Crippen LogP contribution in [0.4, 0.5) is 11.4 Å². The second-order valence-electron chi connectivity index (χ2n) is 2.94. The van der Waals surface area contributed by atoms with Crippen LogP contribution in [-0.4, -0.2) is 0 Å². The van der Waals surface area contributed by atoms with Crippen molar-refractivity contribution in [3.8, 4) is 11.3 Å². The maximum Gasteiger partial charge on any atom is 0.135 e. The molecule has 0 atom stereocenters. The van der Waals surface area contributed by atoms with Crippen LogP contribution < -0.4 is 11.5 Å². The normalized spacial score (nSPS) is 10.4. The number of halogens is 1. The summed E-state index contributed by atoms with van der Waals surface area (Å²) in [6, 6.07) is 6.93. The molecule has 4 heteroatoms. The van der Waals surface area contributed by atoms with E-state index in [1.54, 1.807) is 24.5 Å². The van der Waals surface area contributed by atoms with Crippen LogP contribution in [0.15, 0.2) is 34.9 Å². The van der Waals surface area contributed by atoms with Crippen LogP contribution in [0.1, 0.15) is 0 Å². The molecule has 0 aliphatic rings. The molecule has 1 aromatic heterocycles. The van der Waals surface area contributed by atoms with Gasteiger partial charge in [0.2, 0.25) is 0 Å². The number of benzene rings is 1. The van der Waals surface area contributed by atoms with Gasteiger partial charge < -0.3 is 15.9 Å². The number of hydrogen-bond acceptors (Lipinski definition) is 3. The summed E-state index contributed by atoms with van der Waals surface area (Å²) in [6.07, 6.45) is 1.58. The molecule has 72 valence electrons. The van der Waals surface area contributed by atoms with Gasteiger partial charge >= 0.3 is 0 Å². The molecule has 2 aromatic rings. The lowest BCUT2D eigenvalue weighted by Crippen LogP contribution is -1.93. The summed E-state index contributed by atoms with van der Waals surface area (Å²) in [5.41, 5.74) is 13.3. The van der Waals surface area contributed by atoms with E-state index in [1.807, 2.05) is 6.07 Å². The van der Waals surface area contributed by atoms with Gasteiger partial charge in [0, 0.05) is 11.3 Å². The smallest absolute Gasteiger partial charge is 0.135 e. The van der Waals surface area contributed by atoms with Crippen molar-refractivity contribution in [2.24, 2.45) is 0 Å². The highest BCUT2D eigenvalue weighted by Crippen LogP contribution is 2.32. The van der Waals surface area contributed by atoms with Gasteiger partial charge in [-0.2, -0.15) is 0 Å². The van der Waals surface area contributed by atoms with Crippen molar-refractivity contribution < 1.29 is 4.42 Å². The van der Waals surface area contributed by atoms with E-state index in [2.05, 4.69) is 0 Å². The van der Waals surface area contributed by atoms with E-state index in [-0.39, 0.29) is 0 Å². The predicted molar refractivity (Wildman–Crippen MR) is 58.0 cm³/mol. The Morgan fingerprint density at radius 2 is 1.93 bits per heavy atom. The third-order valence-electron chi connectivity index (χ3n) is 1.96. The Balaban J connectivity index is 2.60. The molecule has 0 amide bonds. The van der Waals surface area contributed by atoms with Crippen molar-refractivity contribution in [2.45, 2.75) is 0 Å². The number of hydrogen-bond donors (Lipinski definition) is 2. The molecule has 1 aromatic carbocycles. The summed E-state index contributed by atoms with van der Waals surface area (Å²) in [7, 11) is 0. The fraction of sp³-hybridized carbons (Fsp3) is 0. The van der Waals surface area contributed by atoms with Gasteiger partial charge in [-0.1, -0.05) is 11.6 Å². The highest BCUT2D eigenvalue weighted by molar-refractivity contribution is 6.33. The predicted octanol–water partition coefficient (Wildman–Crippen LogP) is 2.76. The van der Waals surface area contributed by atoms with Crippen LogP contribution in [-0.2, 0) is 0 Å². The molecule has 0 saturated heterocycles. The zero-order valence-corrected chi connectivity index (χ0v) is 8.08. The van der Waals surface area contributed by atoms with Gasteiger partial charge in [0.15, 0.2) is 0 Å². The first kappa shape index (κ1) is 8.97. The molecule has 0 unspecified atom stereocenters. The molecule has 2 rings (SSSR count). The van der Waals surface area contributed by atoms with E-state index in [4.69, 9.17) is 27.5 Å². The first-order chi connectivity index (χ1) is 6.68. The summed E-state index contributed by atoms with van der Waals surface area (Å²) >= 11 is 5.81. The Morgan fingerprint density at radius 3 is 2.57 bits per heavy atom. The summed E-state index contributed by atoms with van der Waals surface area (Å²) in [5.74, 6) is 0.686. The zero-order chi connectivity index (χ0) is 10.1. The molecule has 0 aliphatic heterocycles. The Labute approximate surface area is 86.3 Å². The highest BCUT2D eigenvalue weighted by atomic mass is 35.5. The van der Waals surface area contributed by atoms with Crippen molar-refractivity contribution in [3.63, 3.8) is 0 Å². The van der Waals surface area contributed by atoms with Crippen molar-refractivity contribution in [1.82, 2.24) is 0 Å². The molecule has 0 saturated carbocycles. The van der Waals surface area contributed by atoms with Crippen LogP contribution in [0.2, 0.25) is 5.02 Å². The lowest BCUT2D eigenvalue weighted by Gasteiger charge is -2.05. The first-order valence-electron chi connectivity index (χ1n) is 4.07. The highest BCUT2D eigenvalue weighted by Gasteiger charge is 2.08. The van der Waals surface area contributed by atoms with Crippen molar-refractivity contribution in [2.75, 3.05) is 11.5 Å². The molecule has 0 aliphatic carbocycles. The van der Waals surface area contributed by atoms with Gasteiger partial charge in [-0.15, -0.1) is 0 Å². The van der Waals surface area contributed by atoms with E-state index < -0.39 is 0 Å². The number of nitrogen functional groups attached to an aromatic ring is 2. The third-order valence-corrected chi connectivity index (χ3v) is 2.28. The maximum atomic E-state index is 5.81. The number of anilines is 2. The van der Waals surface area contributed by atoms with E-state index in [9.17, 15) is 0 Å². The SMILES string of the molecule is Nc1cc(-c2ccco2)c(N)cc1Cl. The van der Waals surface area contributed by atoms with Gasteiger partial charge in [0.25, 0.3) is 0 Å². The minimum absolute atomic E-state index is 0.456. The second-order valence-corrected chi connectivity index (χ2v) is 3.35. The summed E-state index contributed by atoms with van der Waals surface area (Å²) in [6.45, 7) is 0. The minimum Gasteiger partial charge on any atom is -0.464 e. The lowest BCUT2D eigenvalue weighted by atomic mass is 10.1. The topological polar surface area (TPSA) is 65.2 Å². The summed E-state index contributed by atoms with van der Waals surface area (Å²) in [5, 5.41) is 0.456. The molecule has 4 N–H and O–H groups in total. The maximum absolute atomic E-state index is 5.81. The third kappa shape index (κ3) is 1.42. The van der Waals surface area contributed by atoms with E-state index in [0.717, 1.165) is 5.56 Å². The molecule has 0 fully saturated rings. The van der Waals surface area contributed by atoms with Gasteiger partial charge in [0.05, 0.1) is 17.0 Å². The van der Waals surface area contributed by atoms with Crippen molar-refractivity contribution in [1.29, 1.82) is 0 Å². The van der Waals surface area contributed by atoms with E-state index in [0.29, 0.717) is 22.2 Å². The van der Waals surface area contributed by atoms with Crippen LogP contribution >= 0.6 is 11.6 Å². The van der Waals surface area contributed by atoms with Gasteiger partial charge in [-0.05, 0) is 24.3 Å². The molecule has 3 nitrogen and oxygen atoms in total. The van der Waals surface area contributed by atoms with Crippen molar-refractivity contribution >= 4 is 23.0 Å². The number of nitrogens with two attached hydrogens (primary N) is 2. The fourth-order valence-corrected chi connectivity index (χ4v) is 1.42. The average Bonchev–Trinajstić information content (AvgIpc) is 2.64. The Bertz CT molecular complexity index is 451. The first-order valence-corrected chi connectivity index (χ1v) is 4.44. The van der Waals surface area contributed by atoms with Crippen LogP contribution in [0, 0.1) is 0 Å². The molecule has 14 heavy (non-hydrogen) atoms. The second kappa shape index (κ2) is 3.27. The monoisotopic (exact) mass is 208 g/mol. The van der Waals surface area contributed by atoms with Crippen LogP contribution in [0.3, 0.4) is 0 Å². The zero-order valence-electron chi connectivity index (χ0n) is 7.33. The van der Waals surface area contributed by atoms with Gasteiger partial charge in [0.1, 0.15) is 5.76 Å². The molecule has 0 spiro atoms. The molecule has 0 bridgehead atoms. The van der Waals surface area contributed by atoms with Gasteiger partial charge in [-0.25, -0.2) is 0 Å². The molecule has 1 heterocycles. The molecule has 0 radical (unpaired) electrons. The largest absolute Gasteiger partial charge is 0.464 e. The average molecular weight is 209 g/mol. The minimum atomic E-state index is 0.456. The standard InChI is InChI=1S/C10H9ClN2O/c11-7-5-8(12)6(4-9(7)13)10-2-1-3-14-10/h1-5H,12-13H2. The summed E-state index contributed by atoms with van der Waals surface area (Å²) < 4.78 is 5.22. The quantitative estimate of drug-likeness (QED) is 0.709. The van der Waals surface area contributed by atoms with Crippen LogP contribution in [0.5, 0.6) is 0 Å². The Morgan fingerprint density at radius 1 is 1.14 bits per heavy atom. The fourth-order valence-electron chi connectivity index (χ4n) is 1.25. The Hall–Kier alpha value is -1.61. The summed E-state index contributed by atoms with van der Waals surface area (Å²) in [4.78, 5) is 0. The van der Waals surface area contributed by atoms with E-state index in [1.165, 1.54) is 0 Å². The molecular formula is C10H9ClN2O. The lowest BCUT2D eigenvalue weighted by molar-refractivity contribution is 0.582. The Kier molecular flexibility index (Phi) is 2.09. The van der Waals surface area contributed by atoms with E-state index >= 15 is 0 Å². The number of rotatable bonds is 1. The molecular weight excluding hydrogens is 200 g/mol. The van der Waals surface area contributed by atoms with Crippen molar-refractivity contribution in [3.05, 3.63) is 35.6 Å².